The predicted octanol–water partition coefficient (Wildman–Crippen LogP) is -1.86. The van der Waals surface area contributed by atoms with Gasteiger partial charge in [0, 0.05) is 32.4 Å². The highest BCUT2D eigenvalue weighted by Crippen LogP contribution is 2.08. The lowest BCUT2D eigenvalue weighted by atomic mass is 10.3. The molecule has 0 spiro atoms. The van der Waals surface area contributed by atoms with Crippen LogP contribution < -0.4 is 11.2 Å². The van der Waals surface area contributed by atoms with Crippen molar-refractivity contribution in [3.05, 3.63) is 33.1 Å². The molecule has 0 aromatic carbocycles. The zero-order valence-electron chi connectivity index (χ0n) is 10.1. The number of carbonyl (C=O) groups is 1. The number of hydrogen-bond donors (Lipinski definition) is 1. The molecule has 1 N–H and O–H groups in total. The highest BCUT2D eigenvalue weighted by Gasteiger charge is 2.24. The van der Waals surface area contributed by atoms with E-state index in [0.717, 1.165) is 4.57 Å². The van der Waals surface area contributed by atoms with Gasteiger partial charge in [-0.15, -0.1) is 0 Å². The molecule has 0 unspecified atom stereocenters. The Hall–Kier alpha value is -1.89. The van der Waals surface area contributed by atoms with Crippen molar-refractivity contribution in [3.63, 3.8) is 0 Å². The van der Waals surface area contributed by atoms with Gasteiger partial charge in [0.05, 0.1) is 6.10 Å². The average molecular weight is 253 g/mol. The van der Waals surface area contributed by atoms with E-state index in [9.17, 15) is 19.5 Å². The maximum Gasteiger partial charge on any atom is 0.331 e. The summed E-state index contributed by atoms with van der Waals surface area (Å²) in [5.41, 5.74) is -0.920. The monoisotopic (exact) mass is 253 g/mol. The number of likely N-dealkylation sites (tertiary alicyclic amines) is 1. The molecule has 1 aliphatic rings. The number of carbonyl (C=O) groups excluding carboxylic acids is 1. The second-order valence-electron chi connectivity index (χ2n) is 4.41. The summed E-state index contributed by atoms with van der Waals surface area (Å²) in [6.07, 6.45) is 1.40. The van der Waals surface area contributed by atoms with Gasteiger partial charge in [-0.25, -0.2) is 4.79 Å². The zero-order valence-corrected chi connectivity index (χ0v) is 10.1. The highest BCUT2D eigenvalue weighted by molar-refractivity contribution is 5.76. The van der Waals surface area contributed by atoms with Crippen LogP contribution in [0, 0.1) is 0 Å². The molecule has 7 nitrogen and oxygen atoms in total. The van der Waals surface area contributed by atoms with Crippen LogP contribution in [0.25, 0.3) is 0 Å². The van der Waals surface area contributed by atoms with Gasteiger partial charge < -0.3 is 10.0 Å². The first kappa shape index (κ1) is 12.6. The lowest BCUT2D eigenvalue weighted by molar-refractivity contribution is -0.131. The van der Waals surface area contributed by atoms with Crippen LogP contribution >= 0.6 is 0 Å². The van der Waals surface area contributed by atoms with Gasteiger partial charge in [-0.2, -0.15) is 0 Å². The Balaban J connectivity index is 2.15. The molecule has 1 fully saturated rings. The maximum absolute atomic E-state index is 11.9. The van der Waals surface area contributed by atoms with Crippen molar-refractivity contribution in [1.82, 2.24) is 14.0 Å². The Bertz CT molecular complexity index is 574. The van der Waals surface area contributed by atoms with E-state index in [4.69, 9.17) is 0 Å². The summed E-state index contributed by atoms with van der Waals surface area (Å²) in [5.74, 6) is -0.229. The Morgan fingerprint density at radius 1 is 1.50 bits per heavy atom. The lowest BCUT2D eigenvalue weighted by Gasteiger charge is -2.16. The molecule has 0 bridgehead atoms. The number of amides is 1. The summed E-state index contributed by atoms with van der Waals surface area (Å²) in [4.78, 5) is 36.3. The van der Waals surface area contributed by atoms with Gasteiger partial charge in [0.2, 0.25) is 5.91 Å². The molecular weight excluding hydrogens is 238 g/mol. The van der Waals surface area contributed by atoms with E-state index in [1.807, 2.05) is 0 Å². The van der Waals surface area contributed by atoms with Crippen LogP contribution in [0.3, 0.4) is 0 Å². The van der Waals surface area contributed by atoms with Gasteiger partial charge in [0.1, 0.15) is 6.54 Å². The first-order valence-electron chi connectivity index (χ1n) is 5.71. The molecular formula is C11H15N3O4. The number of aromatic nitrogens is 2. The second-order valence-corrected chi connectivity index (χ2v) is 4.41. The Morgan fingerprint density at radius 2 is 2.22 bits per heavy atom. The molecule has 0 saturated carbocycles. The first-order valence-corrected chi connectivity index (χ1v) is 5.71. The molecule has 2 heterocycles. The van der Waals surface area contributed by atoms with E-state index in [2.05, 4.69) is 0 Å². The molecule has 98 valence electrons. The smallest absolute Gasteiger partial charge is 0.331 e. The van der Waals surface area contributed by atoms with E-state index in [1.54, 1.807) is 0 Å². The molecule has 7 heteroatoms. The van der Waals surface area contributed by atoms with Crippen molar-refractivity contribution in [2.45, 2.75) is 19.1 Å². The number of β-amino-alcohol motifs (C(OH)–C–C–N with tert-alkyl or cyclic N) is 1. The quantitative estimate of drug-likeness (QED) is 0.670. The van der Waals surface area contributed by atoms with E-state index in [-0.39, 0.29) is 12.5 Å². The van der Waals surface area contributed by atoms with Crippen LogP contribution in [0.1, 0.15) is 6.42 Å². The van der Waals surface area contributed by atoms with Crippen LogP contribution in [-0.4, -0.2) is 44.2 Å². The fraction of sp³-hybridized carbons (Fsp3) is 0.545. The fourth-order valence-electron chi connectivity index (χ4n) is 1.95. The van der Waals surface area contributed by atoms with Gasteiger partial charge in [0.15, 0.2) is 0 Å². The van der Waals surface area contributed by atoms with E-state index in [1.165, 1.54) is 28.8 Å². The Labute approximate surface area is 103 Å². The first-order chi connectivity index (χ1) is 8.49. The molecule has 1 aromatic rings. The summed E-state index contributed by atoms with van der Waals surface area (Å²) in [6.45, 7) is 0.694. The zero-order chi connectivity index (χ0) is 13.3. The minimum atomic E-state index is -0.518. The largest absolute Gasteiger partial charge is 0.391 e. The Kier molecular flexibility index (Phi) is 3.33. The second kappa shape index (κ2) is 4.77. The highest BCUT2D eigenvalue weighted by atomic mass is 16.3. The molecule has 1 aromatic heterocycles. The van der Waals surface area contributed by atoms with Crippen molar-refractivity contribution in [3.8, 4) is 0 Å². The van der Waals surface area contributed by atoms with Crippen molar-refractivity contribution < 1.29 is 9.90 Å². The van der Waals surface area contributed by atoms with Crippen molar-refractivity contribution in [2.75, 3.05) is 13.1 Å². The van der Waals surface area contributed by atoms with Gasteiger partial charge in [0.25, 0.3) is 5.56 Å². The summed E-state index contributed by atoms with van der Waals surface area (Å²) >= 11 is 0. The molecule has 1 aliphatic heterocycles. The molecule has 18 heavy (non-hydrogen) atoms. The van der Waals surface area contributed by atoms with E-state index >= 15 is 0 Å². The van der Waals surface area contributed by atoms with Crippen LogP contribution in [-0.2, 0) is 18.4 Å². The minimum Gasteiger partial charge on any atom is -0.391 e. The maximum atomic E-state index is 11.9. The number of hydrogen-bond acceptors (Lipinski definition) is 4. The number of rotatable bonds is 2. The standard InChI is InChI=1S/C11H15N3O4/c1-12-9(16)3-5-14(11(12)18)7-10(17)13-4-2-8(15)6-13/h3,5,8,15H,2,4,6-7H2,1H3/t8-/m1/s1. The molecule has 1 atom stereocenters. The average Bonchev–Trinajstić information content (AvgIpc) is 2.77. The fourth-order valence-corrected chi connectivity index (χ4v) is 1.95. The molecule has 2 rings (SSSR count). The topological polar surface area (TPSA) is 84.5 Å². The van der Waals surface area contributed by atoms with E-state index in [0.29, 0.717) is 19.5 Å². The van der Waals surface area contributed by atoms with Crippen LogP contribution in [0.2, 0.25) is 0 Å². The molecule has 0 radical (unpaired) electrons. The lowest BCUT2D eigenvalue weighted by Crippen LogP contribution is -2.41. The van der Waals surface area contributed by atoms with Crippen molar-refractivity contribution in [1.29, 1.82) is 0 Å². The van der Waals surface area contributed by atoms with Crippen molar-refractivity contribution in [2.24, 2.45) is 7.05 Å². The van der Waals surface area contributed by atoms with Crippen molar-refractivity contribution >= 4 is 5.91 Å². The minimum absolute atomic E-state index is 0.111. The van der Waals surface area contributed by atoms with Gasteiger partial charge in [-0.05, 0) is 6.42 Å². The normalized spacial score (nSPS) is 19.2. The third-order valence-electron chi connectivity index (χ3n) is 3.08. The predicted molar refractivity (Wildman–Crippen MR) is 63.1 cm³/mol. The van der Waals surface area contributed by atoms with Crippen LogP contribution in [0.15, 0.2) is 21.9 Å². The molecule has 1 saturated heterocycles. The van der Waals surface area contributed by atoms with Crippen LogP contribution in [0.5, 0.6) is 0 Å². The summed E-state index contributed by atoms with van der Waals surface area (Å²) in [6, 6.07) is 1.24. The Morgan fingerprint density at radius 3 is 2.83 bits per heavy atom. The SMILES string of the molecule is Cn1c(=O)ccn(CC(=O)N2CC[C@@H](O)C2)c1=O. The summed E-state index contributed by atoms with van der Waals surface area (Å²) in [7, 11) is 1.37. The number of aliphatic hydroxyl groups is 1. The van der Waals surface area contributed by atoms with Crippen LogP contribution in [0.4, 0.5) is 0 Å². The summed E-state index contributed by atoms with van der Waals surface area (Å²) < 4.78 is 2.14. The van der Waals surface area contributed by atoms with Gasteiger partial charge in [-0.1, -0.05) is 0 Å². The summed E-state index contributed by atoms with van der Waals surface area (Å²) in [5, 5.41) is 9.34. The van der Waals surface area contributed by atoms with Gasteiger partial charge in [-0.3, -0.25) is 18.7 Å². The molecule has 1 amide bonds. The van der Waals surface area contributed by atoms with Gasteiger partial charge >= 0.3 is 5.69 Å². The molecule has 0 aliphatic carbocycles. The number of aliphatic hydroxyl groups excluding tert-OH is 1. The van der Waals surface area contributed by atoms with E-state index < -0.39 is 17.4 Å². The third-order valence-corrected chi connectivity index (χ3v) is 3.08. The third kappa shape index (κ3) is 2.35. The number of nitrogens with zero attached hydrogens (tertiary/aromatic N) is 3.